The molecule has 2 aromatic carbocycles. The molecule has 1 aliphatic rings. The summed E-state index contributed by atoms with van der Waals surface area (Å²) in [5.41, 5.74) is 2.87. The summed E-state index contributed by atoms with van der Waals surface area (Å²) in [6, 6.07) is 13.1. The molecule has 0 atom stereocenters. The second-order valence-corrected chi connectivity index (χ2v) is 5.81. The third-order valence-corrected chi connectivity index (χ3v) is 3.99. The Morgan fingerprint density at radius 3 is 2.74 bits per heavy atom. The Morgan fingerprint density at radius 1 is 1.13 bits per heavy atom. The Hall–Kier alpha value is -2.07. The Balaban J connectivity index is 1.67. The van der Waals surface area contributed by atoms with Crippen molar-refractivity contribution in [2.45, 2.75) is 12.8 Å². The number of hydrogen-bond donors (Lipinski definition) is 2. The van der Waals surface area contributed by atoms with Gasteiger partial charge in [0.15, 0.2) is 11.5 Å². The minimum Gasteiger partial charge on any atom is -0.454 e. The summed E-state index contributed by atoms with van der Waals surface area (Å²) in [7, 11) is -2.42. The van der Waals surface area contributed by atoms with E-state index in [1.807, 2.05) is 30.3 Å². The van der Waals surface area contributed by atoms with Gasteiger partial charge in [0.05, 0.1) is 0 Å². The summed E-state index contributed by atoms with van der Waals surface area (Å²) in [5, 5.41) is 0. The predicted molar refractivity (Wildman–Crippen MR) is 88.3 cm³/mol. The van der Waals surface area contributed by atoms with Crippen molar-refractivity contribution in [3.05, 3.63) is 60.2 Å². The molecule has 0 fully saturated rings. The number of hydrogen-bond acceptors (Lipinski definition) is 5. The van der Waals surface area contributed by atoms with E-state index in [4.69, 9.17) is 23.8 Å². The van der Waals surface area contributed by atoms with Crippen LogP contribution in [-0.2, 0) is 6.42 Å². The smallest absolute Gasteiger partial charge is 0.391 e. The molecule has 0 radical (unpaired) electrons. The van der Waals surface area contributed by atoms with Crippen LogP contribution in [0.4, 0.5) is 0 Å². The van der Waals surface area contributed by atoms with E-state index >= 15 is 0 Å². The van der Waals surface area contributed by atoms with Crippen LogP contribution in [0.2, 0.25) is 0 Å². The first-order valence-corrected chi connectivity index (χ1v) is 8.31. The Bertz CT molecular complexity index is 714. The predicted octanol–water partition coefficient (Wildman–Crippen LogP) is 3.65. The molecular formula is C17H17O5P. The highest BCUT2D eigenvalue weighted by Gasteiger charge is 2.14. The number of rotatable bonds is 6. The number of fused-ring (bicyclic) bond motifs is 1. The Morgan fingerprint density at radius 2 is 1.91 bits per heavy atom. The van der Waals surface area contributed by atoms with E-state index in [9.17, 15) is 0 Å². The van der Waals surface area contributed by atoms with Crippen molar-refractivity contribution in [2.24, 2.45) is 0 Å². The first-order valence-electron chi connectivity index (χ1n) is 7.15. The molecule has 6 heteroatoms. The highest BCUT2D eigenvalue weighted by atomic mass is 31.2. The maximum absolute atomic E-state index is 9.03. The summed E-state index contributed by atoms with van der Waals surface area (Å²) in [5.74, 6) is 1.97. The molecule has 1 aliphatic heterocycles. The van der Waals surface area contributed by atoms with Crippen molar-refractivity contribution < 1.29 is 23.8 Å². The highest BCUT2D eigenvalue weighted by Crippen LogP contribution is 2.36. The van der Waals surface area contributed by atoms with Crippen molar-refractivity contribution in [2.75, 3.05) is 6.79 Å². The third kappa shape index (κ3) is 3.82. The summed E-state index contributed by atoms with van der Waals surface area (Å²) < 4.78 is 15.7. The molecule has 5 nitrogen and oxygen atoms in total. The zero-order valence-corrected chi connectivity index (χ0v) is 13.3. The summed E-state index contributed by atoms with van der Waals surface area (Å²) in [6.07, 6.45) is 1.40. The number of aryl methyl sites for hydroxylation is 1. The molecule has 1 heterocycles. The van der Waals surface area contributed by atoms with Crippen LogP contribution in [0, 0.1) is 0 Å². The van der Waals surface area contributed by atoms with Crippen LogP contribution in [0.3, 0.4) is 0 Å². The van der Waals surface area contributed by atoms with Crippen LogP contribution in [0.15, 0.2) is 49.0 Å². The lowest BCUT2D eigenvalue weighted by molar-refractivity contribution is 0.174. The van der Waals surface area contributed by atoms with Crippen LogP contribution >= 0.6 is 8.60 Å². The van der Waals surface area contributed by atoms with Gasteiger partial charge in [-0.25, -0.2) is 0 Å². The van der Waals surface area contributed by atoms with E-state index in [0.717, 1.165) is 34.6 Å². The quantitative estimate of drug-likeness (QED) is 0.790. The maximum Gasteiger partial charge on any atom is 0.391 e. The average Bonchev–Trinajstić information content (AvgIpc) is 3.00. The topological polar surface area (TPSA) is 68.2 Å². The molecule has 120 valence electrons. The van der Waals surface area contributed by atoms with Gasteiger partial charge in [-0.1, -0.05) is 30.8 Å². The molecule has 2 N–H and O–H groups in total. The molecule has 23 heavy (non-hydrogen) atoms. The lowest BCUT2D eigenvalue weighted by Crippen LogP contribution is -1.94. The summed E-state index contributed by atoms with van der Waals surface area (Å²) in [6.45, 7) is 4.38. The van der Waals surface area contributed by atoms with E-state index in [2.05, 4.69) is 6.58 Å². The van der Waals surface area contributed by atoms with Gasteiger partial charge in [-0.15, -0.1) is 0 Å². The van der Waals surface area contributed by atoms with Gasteiger partial charge in [0.2, 0.25) is 6.79 Å². The fraction of sp³-hybridized carbons (Fsp3) is 0.176. The first-order chi connectivity index (χ1) is 11.1. The van der Waals surface area contributed by atoms with Crippen molar-refractivity contribution >= 4 is 14.2 Å². The highest BCUT2D eigenvalue weighted by molar-refractivity contribution is 7.39. The molecule has 0 aliphatic carbocycles. The number of para-hydroxylation sites is 1. The number of benzene rings is 2. The van der Waals surface area contributed by atoms with Crippen LogP contribution in [-0.4, -0.2) is 16.6 Å². The third-order valence-electron chi connectivity index (χ3n) is 3.63. The SMILES string of the molecule is C=C(CCc1ccccc1OP(O)O)c1ccc2c(c1)OCO2. The minimum atomic E-state index is -2.42. The molecule has 0 saturated heterocycles. The average molecular weight is 332 g/mol. The van der Waals surface area contributed by atoms with Crippen molar-refractivity contribution in [1.82, 2.24) is 0 Å². The van der Waals surface area contributed by atoms with Crippen LogP contribution < -0.4 is 14.0 Å². The van der Waals surface area contributed by atoms with Gasteiger partial charge in [-0.2, -0.15) is 0 Å². The minimum absolute atomic E-state index is 0.251. The van der Waals surface area contributed by atoms with Gasteiger partial charge >= 0.3 is 8.60 Å². The van der Waals surface area contributed by atoms with Crippen LogP contribution in [0.25, 0.3) is 5.57 Å². The molecule has 3 rings (SSSR count). The second kappa shape index (κ2) is 7.01. The van der Waals surface area contributed by atoms with Gasteiger partial charge < -0.3 is 23.8 Å². The first kappa shape index (κ1) is 15.8. The van der Waals surface area contributed by atoms with E-state index < -0.39 is 8.60 Å². The fourth-order valence-electron chi connectivity index (χ4n) is 2.43. The van der Waals surface area contributed by atoms with E-state index in [-0.39, 0.29) is 6.79 Å². The molecule has 0 amide bonds. The molecule has 0 saturated carbocycles. The monoisotopic (exact) mass is 332 g/mol. The van der Waals surface area contributed by atoms with Gasteiger partial charge in [-0.3, -0.25) is 0 Å². The van der Waals surface area contributed by atoms with E-state index in [1.165, 1.54) is 0 Å². The second-order valence-electron chi connectivity index (χ2n) is 5.12. The zero-order chi connectivity index (χ0) is 16.2. The summed E-state index contributed by atoms with van der Waals surface area (Å²) in [4.78, 5) is 18.1. The van der Waals surface area contributed by atoms with Crippen molar-refractivity contribution in [3.63, 3.8) is 0 Å². The molecular weight excluding hydrogens is 315 g/mol. The molecule has 2 aromatic rings. The standard InChI is InChI=1S/C17H17O5P/c1-12(14-8-9-16-17(10-14)21-11-20-16)6-7-13-4-2-3-5-15(13)22-23(18)19/h2-5,8-10,18-19H,1,6-7,11H2. The fourth-order valence-corrected chi connectivity index (χ4v) is 2.79. The van der Waals surface area contributed by atoms with E-state index in [1.54, 1.807) is 12.1 Å². The van der Waals surface area contributed by atoms with Crippen LogP contribution in [0.5, 0.6) is 17.2 Å². The molecule has 0 aromatic heterocycles. The van der Waals surface area contributed by atoms with Gasteiger partial charge in [0.1, 0.15) is 5.75 Å². The van der Waals surface area contributed by atoms with Crippen molar-refractivity contribution in [3.8, 4) is 17.2 Å². The molecule has 0 bridgehead atoms. The summed E-state index contributed by atoms with van der Waals surface area (Å²) >= 11 is 0. The van der Waals surface area contributed by atoms with Gasteiger partial charge in [0, 0.05) is 0 Å². The number of ether oxygens (including phenoxy) is 2. The molecule has 0 spiro atoms. The van der Waals surface area contributed by atoms with Gasteiger partial charge in [0.25, 0.3) is 0 Å². The lowest BCUT2D eigenvalue weighted by atomic mass is 9.99. The Labute approximate surface area is 135 Å². The number of allylic oxidation sites excluding steroid dienone is 1. The zero-order valence-electron chi connectivity index (χ0n) is 12.4. The van der Waals surface area contributed by atoms with Crippen molar-refractivity contribution in [1.29, 1.82) is 0 Å². The van der Waals surface area contributed by atoms with Gasteiger partial charge in [-0.05, 0) is 47.7 Å². The Kier molecular flexibility index (Phi) is 4.82. The molecule has 0 unspecified atom stereocenters. The van der Waals surface area contributed by atoms with E-state index in [0.29, 0.717) is 12.2 Å². The maximum atomic E-state index is 9.03. The van der Waals surface area contributed by atoms with Crippen LogP contribution in [0.1, 0.15) is 17.5 Å². The largest absolute Gasteiger partial charge is 0.454 e. The normalized spacial score (nSPS) is 12.5. The lowest BCUT2D eigenvalue weighted by Gasteiger charge is -2.12.